The number of amides is 1. The summed E-state index contributed by atoms with van der Waals surface area (Å²) in [5, 5.41) is 0. The lowest BCUT2D eigenvalue weighted by atomic mass is 10.1. The highest BCUT2D eigenvalue weighted by atomic mass is 16.5. The lowest BCUT2D eigenvalue weighted by Gasteiger charge is -2.41. The number of ether oxygens (including phenoxy) is 1. The zero-order chi connectivity index (χ0) is 18.4. The molecule has 5 heteroatoms. The molecular weight excluding hydrogens is 338 g/mol. The summed E-state index contributed by atoms with van der Waals surface area (Å²) >= 11 is 0. The molecule has 2 heterocycles. The molecule has 1 atom stereocenters. The van der Waals surface area contributed by atoms with Crippen LogP contribution in [0.25, 0.3) is 11.0 Å². The minimum atomic E-state index is -0.476. The van der Waals surface area contributed by atoms with Gasteiger partial charge < -0.3 is 14.2 Å². The minimum Gasteiger partial charge on any atom is -0.481 e. The first kappa shape index (κ1) is 16.4. The van der Waals surface area contributed by atoms with Crippen LogP contribution in [0.5, 0.6) is 5.75 Å². The van der Waals surface area contributed by atoms with Gasteiger partial charge in [0, 0.05) is 19.0 Å². The highest BCUT2D eigenvalue weighted by Crippen LogP contribution is 2.43. The number of benzene rings is 2. The topological polar surface area (TPSA) is 47.4 Å². The number of nitrogens with zero attached hydrogens (tertiary/aromatic N) is 3. The van der Waals surface area contributed by atoms with Gasteiger partial charge in [-0.2, -0.15) is 0 Å². The zero-order valence-electron chi connectivity index (χ0n) is 15.4. The summed E-state index contributed by atoms with van der Waals surface area (Å²) in [7, 11) is 0. The van der Waals surface area contributed by atoms with E-state index in [0.717, 1.165) is 24.4 Å². The molecule has 2 aliphatic rings. The van der Waals surface area contributed by atoms with E-state index < -0.39 is 6.10 Å². The van der Waals surface area contributed by atoms with Gasteiger partial charge in [-0.15, -0.1) is 0 Å². The Morgan fingerprint density at radius 2 is 1.78 bits per heavy atom. The summed E-state index contributed by atoms with van der Waals surface area (Å²) in [6, 6.07) is 18.1. The molecule has 1 aliphatic carbocycles. The second-order valence-corrected chi connectivity index (χ2v) is 7.57. The predicted octanol–water partition coefficient (Wildman–Crippen LogP) is 3.76. The molecule has 1 saturated carbocycles. The number of carbonyl (C=O) groups excluding carboxylic acids is 1. The number of hydrogen-bond donors (Lipinski definition) is 0. The molecule has 1 saturated heterocycles. The van der Waals surface area contributed by atoms with Crippen molar-refractivity contribution in [1.29, 1.82) is 0 Å². The molecule has 2 aromatic carbocycles. The average Bonchev–Trinajstić information content (AvgIpc) is 3.43. The Balaban J connectivity index is 1.30. The number of rotatable bonds is 5. The van der Waals surface area contributed by atoms with Crippen LogP contribution in [0.15, 0.2) is 54.6 Å². The third kappa shape index (κ3) is 2.97. The summed E-state index contributed by atoms with van der Waals surface area (Å²) in [6.07, 6.45) is 1.97. The maximum atomic E-state index is 12.7. The second kappa shape index (κ2) is 6.41. The molecular formula is C22H23N3O2. The van der Waals surface area contributed by atoms with Crippen LogP contribution in [0.4, 0.5) is 0 Å². The van der Waals surface area contributed by atoms with Crippen molar-refractivity contribution in [3.8, 4) is 5.75 Å². The van der Waals surface area contributed by atoms with Crippen LogP contribution in [-0.4, -0.2) is 39.6 Å². The number of hydrogen-bond acceptors (Lipinski definition) is 3. The van der Waals surface area contributed by atoms with E-state index in [1.54, 1.807) is 0 Å². The van der Waals surface area contributed by atoms with E-state index in [-0.39, 0.29) is 5.91 Å². The Morgan fingerprint density at radius 1 is 1.07 bits per heavy atom. The van der Waals surface area contributed by atoms with Gasteiger partial charge in [-0.05, 0) is 44.0 Å². The van der Waals surface area contributed by atoms with Crippen molar-refractivity contribution < 1.29 is 9.53 Å². The largest absolute Gasteiger partial charge is 0.481 e. The second-order valence-electron chi connectivity index (χ2n) is 7.57. The SMILES string of the molecule is CC(Oc1ccccc1)C(=O)N1CC(n2c(C3CC3)nc3ccccc32)C1. The van der Waals surface area contributed by atoms with Crippen LogP contribution < -0.4 is 4.74 Å². The summed E-state index contributed by atoms with van der Waals surface area (Å²) in [6.45, 7) is 3.27. The van der Waals surface area contributed by atoms with E-state index >= 15 is 0 Å². The standard InChI is InChI=1S/C22H23N3O2/c1-15(27-18-7-3-2-4-8-18)22(26)24-13-17(14-24)25-20-10-6-5-9-19(20)23-21(25)16-11-12-16/h2-10,15-17H,11-14H2,1H3. The molecule has 0 radical (unpaired) electrons. The smallest absolute Gasteiger partial charge is 0.263 e. The van der Waals surface area contributed by atoms with E-state index in [9.17, 15) is 4.79 Å². The number of carbonyl (C=O) groups is 1. The predicted molar refractivity (Wildman–Crippen MR) is 104 cm³/mol. The number of imidazole rings is 1. The maximum absolute atomic E-state index is 12.7. The van der Waals surface area contributed by atoms with Crippen molar-refractivity contribution in [1.82, 2.24) is 14.5 Å². The van der Waals surface area contributed by atoms with Crippen LogP contribution in [0.3, 0.4) is 0 Å². The molecule has 1 aliphatic heterocycles. The van der Waals surface area contributed by atoms with Gasteiger partial charge in [0.05, 0.1) is 17.1 Å². The molecule has 0 bridgehead atoms. The highest BCUT2D eigenvalue weighted by Gasteiger charge is 2.39. The van der Waals surface area contributed by atoms with E-state index in [0.29, 0.717) is 12.0 Å². The average molecular weight is 361 g/mol. The summed E-state index contributed by atoms with van der Waals surface area (Å²) in [4.78, 5) is 19.5. The molecule has 0 spiro atoms. The van der Waals surface area contributed by atoms with Crippen molar-refractivity contribution in [3.05, 3.63) is 60.4 Å². The number of fused-ring (bicyclic) bond motifs is 1. The fraction of sp³-hybridized carbons (Fsp3) is 0.364. The summed E-state index contributed by atoms with van der Waals surface area (Å²) in [5.74, 6) is 2.56. The number of aromatic nitrogens is 2. The minimum absolute atomic E-state index is 0.0486. The molecule has 3 aromatic rings. The third-order valence-corrected chi connectivity index (χ3v) is 5.51. The molecule has 5 nitrogen and oxygen atoms in total. The normalized spacial score (nSPS) is 18.3. The van der Waals surface area contributed by atoms with Crippen molar-refractivity contribution in [2.24, 2.45) is 0 Å². The number of para-hydroxylation sites is 3. The molecule has 5 rings (SSSR count). The van der Waals surface area contributed by atoms with Crippen LogP contribution in [0, 0.1) is 0 Å². The Bertz CT molecular complexity index is 972. The monoisotopic (exact) mass is 361 g/mol. The van der Waals surface area contributed by atoms with Gasteiger partial charge in [0.1, 0.15) is 11.6 Å². The van der Waals surface area contributed by atoms with E-state index in [1.807, 2.05) is 48.2 Å². The molecule has 0 N–H and O–H groups in total. The van der Waals surface area contributed by atoms with Crippen LogP contribution in [-0.2, 0) is 4.79 Å². The van der Waals surface area contributed by atoms with Gasteiger partial charge in [0.15, 0.2) is 6.10 Å². The zero-order valence-corrected chi connectivity index (χ0v) is 15.4. The van der Waals surface area contributed by atoms with Gasteiger partial charge in [-0.1, -0.05) is 30.3 Å². The van der Waals surface area contributed by atoms with Gasteiger partial charge in [-0.25, -0.2) is 4.98 Å². The highest BCUT2D eigenvalue weighted by molar-refractivity contribution is 5.82. The van der Waals surface area contributed by atoms with Crippen LogP contribution >= 0.6 is 0 Å². The van der Waals surface area contributed by atoms with Gasteiger partial charge in [0.25, 0.3) is 5.91 Å². The Labute approximate surface area is 158 Å². The first-order valence-corrected chi connectivity index (χ1v) is 9.68. The van der Waals surface area contributed by atoms with Crippen molar-refractivity contribution in [2.75, 3.05) is 13.1 Å². The fourth-order valence-electron chi connectivity index (χ4n) is 3.89. The van der Waals surface area contributed by atoms with Crippen molar-refractivity contribution in [3.63, 3.8) is 0 Å². The third-order valence-electron chi connectivity index (χ3n) is 5.51. The summed E-state index contributed by atoms with van der Waals surface area (Å²) < 4.78 is 8.17. The molecule has 27 heavy (non-hydrogen) atoms. The Morgan fingerprint density at radius 3 is 2.52 bits per heavy atom. The van der Waals surface area contributed by atoms with Gasteiger partial charge >= 0.3 is 0 Å². The molecule has 1 aromatic heterocycles. The van der Waals surface area contributed by atoms with Crippen LogP contribution in [0.2, 0.25) is 0 Å². The Hall–Kier alpha value is -2.82. The van der Waals surface area contributed by atoms with E-state index in [2.05, 4.69) is 22.8 Å². The molecule has 1 unspecified atom stereocenters. The van der Waals surface area contributed by atoms with Gasteiger partial charge in [0.2, 0.25) is 0 Å². The lowest BCUT2D eigenvalue weighted by Crippen LogP contribution is -2.54. The first-order valence-electron chi connectivity index (χ1n) is 9.68. The first-order chi connectivity index (χ1) is 13.2. The Kier molecular flexibility index (Phi) is 3.88. The van der Waals surface area contributed by atoms with Crippen molar-refractivity contribution in [2.45, 2.75) is 37.8 Å². The van der Waals surface area contributed by atoms with E-state index in [1.165, 1.54) is 24.2 Å². The van der Waals surface area contributed by atoms with Gasteiger partial charge in [-0.3, -0.25) is 4.79 Å². The quantitative estimate of drug-likeness (QED) is 0.695. The molecule has 138 valence electrons. The lowest BCUT2D eigenvalue weighted by molar-refractivity contribution is -0.143. The fourth-order valence-corrected chi connectivity index (χ4v) is 3.89. The molecule has 1 amide bonds. The maximum Gasteiger partial charge on any atom is 0.263 e. The molecule has 2 fully saturated rings. The van der Waals surface area contributed by atoms with Crippen LogP contribution in [0.1, 0.15) is 37.5 Å². The number of likely N-dealkylation sites (tertiary alicyclic amines) is 1. The van der Waals surface area contributed by atoms with Crippen molar-refractivity contribution >= 4 is 16.9 Å². The van der Waals surface area contributed by atoms with E-state index in [4.69, 9.17) is 9.72 Å². The summed E-state index contributed by atoms with van der Waals surface area (Å²) in [5.41, 5.74) is 2.25.